The van der Waals surface area contributed by atoms with E-state index in [1.165, 1.54) is 28.3 Å². The van der Waals surface area contributed by atoms with Crippen molar-refractivity contribution in [3.8, 4) is 0 Å². The molecule has 82 valence electrons. The zero-order chi connectivity index (χ0) is 11.5. The van der Waals surface area contributed by atoms with Crippen LogP contribution in [0.5, 0.6) is 0 Å². The van der Waals surface area contributed by atoms with Gasteiger partial charge in [-0.05, 0) is 41.7 Å². The van der Waals surface area contributed by atoms with Gasteiger partial charge in [-0.3, -0.25) is 4.79 Å². The smallest absolute Gasteiger partial charge is 0.243 e. The average Bonchev–Trinajstić information content (AvgIpc) is 2.64. The summed E-state index contributed by atoms with van der Waals surface area (Å²) in [5.74, 6) is -0.115. The lowest BCUT2D eigenvalue weighted by Crippen LogP contribution is -2.23. The van der Waals surface area contributed by atoms with Crippen LogP contribution < -0.4 is 5.32 Å². The molecule has 1 N–H and O–H groups in total. The first-order valence-corrected chi connectivity index (χ1v) is 5.39. The van der Waals surface area contributed by atoms with Gasteiger partial charge in [0.15, 0.2) is 0 Å². The van der Waals surface area contributed by atoms with Gasteiger partial charge in [0.05, 0.1) is 0 Å². The minimum absolute atomic E-state index is 0.115. The van der Waals surface area contributed by atoms with Gasteiger partial charge in [-0.25, -0.2) is 0 Å². The molecule has 1 aromatic carbocycles. The molecule has 1 amide bonds. The number of benzene rings is 1. The van der Waals surface area contributed by atoms with Crippen molar-refractivity contribution in [1.82, 2.24) is 5.32 Å². The zero-order valence-corrected chi connectivity index (χ0v) is 9.42. The third kappa shape index (κ3) is 1.91. The van der Waals surface area contributed by atoms with Crippen molar-refractivity contribution in [1.29, 1.82) is 0 Å². The van der Waals surface area contributed by atoms with Crippen LogP contribution in [0.15, 0.2) is 42.5 Å². The van der Waals surface area contributed by atoms with Crippen molar-refractivity contribution < 1.29 is 4.79 Å². The standard InChI is InChI=1S/C14H15NO/c1-3-14(16)15-9-12-8-11-6-4-5-7-13(11)10(12)2/h3-7H,1,8-9H2,2H3,(H,15,16). The Balaban J connectivity index is 2.12. The van der Waals surface area contributed by atoms with Crippen LogP contribution >= 0.6 is 0 Å². The van der Waals surface area contributed by atoms with Crippen LogP contribution in [0.4, 0.5) is 0 Å². The summed E-state index contributed by atoms with van der Waals surface area (Å²) in [7, 11) is 0. The van der Waals surface area contributed by atoms with Crippen LogP contribution in [0.3, 0.4) is 0 Å². The van der Waals surface area contributed by atoms with E-state index >= 15 is 0 Å². The third-order valence-corrected chi connectivity index (χ3v) is 3.02. The second-order valence-corrected chi connectivity index (χ2v) is 3.98. The molecular formula is C14H15NO. The summed E-state index contributed by atoms with van der Waals surface area (Å²) < 4.78 is 0. The molecular weight excluding hydrogens is 198 g/mol. The van der Waals surface area contributed by atoms with Gasteiger partial charge in [0.2, 0.25) is 5.91 Å². The van der Waals surface area contributed by atoms with Crippen LogP contribution in [0, 0.1) is 0 Å². The Hall–Kier alpha value is -1.83. The van der Waals surface area contributed by atoms with E-state index in [9.17, 15) is 4.79 Å². The zero-order valence-electron chi connectivity index (χ0n) is 9.42. The SMILES string of the molecule is C=CC(=O)NCC1=C(C)c2ccccc2C1. The molecule has 2 heteroatoms. The quantitative estimate of drug-likeness (QED) is 0.767. The molecule has 16 heavy (non-hydrogen) atoms. The maximum Gasteiger partial charge on any atom is 0.243 e. The summed E-state index contributed by atoms with van der Waals surface area (Å²) in [6, 6.07) is 8.37. The van der Waals surface area contributed by atoms with Crippen LogP contribution in [0.25, 0.3) is 5.57 Å². The summed E-state index contributed by atoms with van der Waals surface area (Å²) in [5, 5.41) is 2.82. The Bertz CT molecular complexity index is 471. The molecule has 0 atom stereocenters. The Morgan fingerprint density at radius 3 is 2.94 bits per heavy atom. The molecule has 0 saturated carbocycles. The molecule has 0 spiro atoms. The Morgan fingerprint density at radius 2 is 2.25 bits per heavy atom. The number of hydrogen-bond acceptors (Lipinski definition) is 1. The van der Waals surface area contributed by atoms with Gasteiger partial charge < -0.3 is 5.32 Å². The number of hydrogen-bond donors (Lipinski definition) is 1. The topological polar surface area (TPSA) is 29.1 Å². The number of fused-ring (bicyclic) bond motifs is 1. The number of rotatable bonds is 3. The highest BCUT2D eigenvalue weighted by atomic mass is 16.1. The molecule has 1 aromatic rings. The van der Waals surface area contributed by atoms with E-state index in [0.29, 0.717) is 6.54 Å². The highest BCUT2D eigenvalue weighted by Crippen LogP contribution is 2.31. The molecule has 0 unspecified atom stereocenters. The lowest BCUT2D eigenvalue weighted by atomic mass is 10.1. The predicted octanol–water partition coefficient (Wildman–Crippen LogP) is 2.32. The summed E-state index contributed by atoms with van der Waals surface area (Å²) in [5.41, 5.74) is 5.24. The van der Waals surface area contributed by atoms with Crippen molar-refractivity contribution in [3.05, 3.63) is 53.6 Å². The monoisotopic (exact) mass is 213 g/mol. The maximum absolute atomic E-state index is 11.1. The number of nitrogens with one attached hydrogen (secondary N) is 1. The van der Waals surface area contributed by atoms with E-state index in [-0.39, 0.29) is 5.91 Å². The molecule has 0 fully saturated rings. The molecule has 0 radical (unpaired) electrons. The summed E-state index contributed by atoms with van der Waals surface area (Å²) in [6.07, 6.45) is 2.25. The fraction of sp³-hybridized carbons (Fsp3) is 0.214. The number of carbonyl (C=O) groups excluding carboxylic acids is 1. The summed E-state index contributed by atoms with van der Waals surface area (Å²) in [6.45, 7) is 6.17. The fourth-order valence-corrected chi connectivity index (χ4v) is 2.05. The van der Waals surface area contributed by atoms with Gasteiger partial charge in [-0.2, -0.15) is 0 Å². The van der Waals surface area contributed by atoms with E-state index in [2.05, 4.69) is 37.0 Å². The van der Waals surface area contributed by atoms with E-state index in [4.69, 9.17) is 0 Å². The highest BCUT2D eigenvalue weighted by Gasteiger charge is 2.17. The average molecular weight is 213 g/mol. The molecule has 0 aromatic heterocycles. The molecule has 1 aliphatic rings. The van der Waals surface area contributed by atoms with Crippen molar-refractivity contribution in [3.63, 3.8) is 0 Å². The van der Waals surface area contributed by atoms with Crippen molar-refractivity contribution in [2.75, 3.05) is 6.54 Å². The van der Waals surface area contributed by atoms with Crippen molar-refractivity contribution >= 4 is 11.5 Å². The molecule has 2 rings (SSSR count). The maximum atomic E-state index is 11.1. The lowest BCUT2D eigenvalue weighted by Gasteiger charge is -2.04. The van der Waals surface area contributed by atoms with Gasteiger partial charge in [0, 0.05) is 6.54 Å². The van der Waals surface area contributed by atoms with E-state index in [1.807, 2.05) is 6.07 Å². The molecule has 0 bridgehead atoms. The molecule has 0 heterocycles. The lowest BCUT2D eigenvalue weighted by molar-refractivity contribution is -0.116. The normalized spacial score (nSPS) is 13.6. The number of amides is 1. The van der Waals surface area contributed by atoms with Crippen molar-refractivity contribution in [2.45, 2.75) is 13.3 Å². The number of carbonyl (C=O) groups is 1. The summed E-state index contributed by atoms with van der Waals surface area (Å²) in [4.78, 5) is 11.1. The number of allylic oxidation sites excluding steroid dienone is 1. The van der Waals surface area contributed by atoms with E-state index < -0.39 is 0 Å². The minimum atomic E-state index is -0.115. The molecule has 1 aliphatic carbocycles. The van der Waals surface area contributed by atoms with Crippen molar-refractivity contribution in [2.24, 2.45) is 0 Å². The largest absolute Gasteiger partial charge is 0.349 e. The van der Waals surface area contributed by atoms with Crippen LogP contribution in [-0.2, 0) is 11.2 Å². The molecule has 2 nitrogen and oxygen atoms in total. The van der Waals surface area contributed by atoms with Gasteiger partial charge in [-0.15, -0.1) is 0 Å². The second kappa shape index (κ2) is 4.35. The third-order valence-electron chi connectivity index (χ3n) is 3.02. The Labute approximate surface area is 95.7 Å². The van der Waals surface area contributed by atoms with Gasteiger partial charge >= 0.3 is 0 Å². The van der Waals surface area contributed by atoms with Crippen LogP contribution in [0.1, 0.15) is 18.1 Å². The highest BCUT2D eigenvalue weighted by molar-refractivity contribution is 5.87. The van der Waals surface area contributed by atoms with Gasteiger partial charge in [0.1, 0.15) is 0 Å². The van der Waals surface area contributed by atoms with E-state index in [1.54, 1.807) is 0 Å². The second-order valence-electron chi connectivity index (χ2n) is 3.98. The Kier molecular flexibility index (Phi) is 2.91. The minimum Gasteiger partial charge on any atom is -0.349 e. The molecule has 0 saturated heterocycles. The van der Waals surface area contributed by atoms with Gasteiger partial charge in [0.25, 0.3) is 0 Å². The Morgan fingerprint density at radius 1 is 1.50 bits per heavy atom. The van der Waals surface area contributed by atoms with E-state index in [0.717, 1.165) is 6.42 Å². The first kappa shape index (κ1) is 10.7. The fourth-order valence-electron chi connectivity index (χ4n) is 2.05. The predicted molar refractivity (Wildman–Crippen MR) is 65.9 cm³/mol. The van der Waals surface area contributed by atoms with Gasteiger partial charge in [-0.1, -0.05) is 30.8 Å². The summed E-state index contributed by atoms with van der Waals surface area (Å²) >= 11 is 0. The first-order chi connectivity index (χ1) is 7.72. The van der Waals surface area contributed by atoms with Crippen LogP contribution in [-0.4, -0.2) is 12.5 Å². The van der Waals surface area contributed by atoms with Crippen LogP contribution in [0.2, 0.25) is 0 Å². The first-order valence-electron chi connectivity index (χ1n) is 5.39. The molecule has 0 aliphatic heterocycles.